The van der Waals surface area contributed by atoms with E-state index in [0.717, 1.165) is 26.1 Å². The maximum absolute atomic E-state index is 10.4. The van der Waals surface area contributed by atoms with E-state index in [-0.39, 0.29) is 0 Å². The minimum atomic E-state index is 0.380. The number of carbonyl (C=O) groups excluding carboxylic acids is 1. The van der Waals surface area contributed by atoms with E-state index < -0.39 is 0 Å². The minimum absolute atomic E-state index is 0.380. The smallest absolute Gasteiger partial charge is 0.211 e. The van der Waals surface area contributed by atoms with E-state index >= 15 is 0 Å². The highest BCUT2D eigenvalue weighted by Crippen LogP contribution is 2.17. The Morgan fingerprint density at radius 3 is 2.95 bits per heavy atom. The summed E-state index contributed by atoms with van der Waals surface area (Å²) in [6, 6.07) is 10.9. The topological polar surface area (TPSA) is 47.9 Å². The highest BCUT2D eigenvalue weighted by molar-refractivity contribution is 5.57. The van der Waals surface area contributed by atoms with Gasteiger partial charge in [0.05, 0.1) is 6.34 Å². The van der Waals surface area contributed by atoms with Crippen LogP contribution in [-0.2, 0) is 11.3 Å². The monoisotopic (exact) mass is 300 g/mol. The second-order valence-electron chi connectivity index (χ2n) is 5.44. The molecule has 1 heterocycles. The van der Waals surface area contributed by atoms with Crippen molar-refractivity contribution in [3.8, 4) is 0 Å². The zero-order valence-electron chi connectivity index (χ0n) is 13.1. The summed E-state index contributed by atoms with van der Waals surface area (Å²) in [5.74, 6) is 0. The third-order valence-electron chi connectivity index (χ3n) is 3.81. The average Bonchev–Trinajstić information content (AvgIpc) is 2.55. The van der Waals surface area contributed by atoms with Crippen LogP contribution in [-0.4, -0.2) is 48.7 Å². The van der Waals surface area contributed by atoms with E-state index in [0.29, 0.717) is 12.5 Å². The Kier molecular flexibility index (Phi) is 6.64. The second kappa shape index (κ2) is 9.00. The Morgan fingerprint density at radius 2 is 2.23 bits per heavy atom. The van der Waals surface area contributed by atoms with Crippen molar-refractivity contribution < 1.29 is 4.79 Å². The third-order valence-corrected chi connectivity index (χ3v) is 3.81. The number of benzene rings is 1. The Balaban J connectivity index is 1.96. The summed E-state index contributed by atoms with van der Waals surface area (Å²) in [5.41, 5.74) is 1.34. The summed E-state index contributed by atoms with van der Waals surface area (Å²) in [4.78, 5) is 19.0. The van der Waals surface area contributed by atoms with E-state index in [9.17, 15) is 4.79 Å². The Hall–Kier alpha value is -2.14. The van der Waals surface area contributed by atoms with Gasteiger partial charge >= 0.3 is 0 Å². The van der Waals surface area contributed by atoms with Crippen LogP contribution < -0.4 is 5.32 Å². The number of carbonyl (C=O) groups is 1. The van der Waals surface area contributed by atoms with Gasteiger partial charge in [-0.15, -0.1) is 0 Å². The zero-order valence-corrected chi connectivity index (χ0v) is 13.1. The van der Waals surface area contributed by atoms with Crippen LogP contribution in [0.5, 0.6) is 0 Å². The SMILES string of the molecule is CN=CN(/C=C/NC=O)C1CCCN(Cc2ccccc2)C1. The summed E-state index contributed by atoms with van der Waals surface area (Å²) in [5, 5.41) is 2.55. The lowest BCUT2D eigenvalue weighted by Gasteiger charge is -2.37. The van der Waals surface area contributed by atoms with Gasteiger partial charge in [0.15, 0.2) is 0 Å². The molecule has 1 aromatic rings. The van der Waals surface area contributed by atoms with Crippen LogP contribution in [0.15, 0.2) is 47.7 Å². The molecule has 1 saturated heterocycles. The fraction of sp³-hybridized carbons (Fsp3) is 0.412. The van der Waals surface area contributed by atoms with Crippen LogP contribution in [0, 0.1) is 0 Å². The van der Waals surface area contributed by atoms with Crippen molar-refractivity contribution in [2.75, 3.05) is 20.1 Å². The molecule has 1 aromatic carbocycles. The lowest BCUT2D eigenvalue weighted by atomic mass is 10.0. The molecule has 0 bridgehead atoms. The molecule has 5 nitrogen and oxygen atoms in total. The number of hydrogen-bond donors (Lipinski definition) is 1. The van der Waals surface area contributed by atoms with E-state index in [1.165, 1.54) is 12.0 Å². The van der Waals surface area contributed by atoms with Gasteiger partial charge < -0.3 is 10.2 Å². The van der Waals surface area contributed by atoms with Gasteiger partial charge in [0.1, 0.15) is 0 Å². The summed E-state index contributed by atoms with van der Waals surface area (Å²) >= 11 is 0. The molecule has 2 rings (SSSR count). The van der Waals surface area contributed by atoms with Crippen molar-refractivity contribution in [3.63, 3.8) is 0 Å². The summed E-state index contributed by atoms with van der Waals surface area (Å²) in [6.45, 7) is 3.09. The third kappa shape index (κ3) is 5.00. The van der Waals surface area contributed by atoms with E-state index in [1.807, 2.05) is 18.6 Å². The van der Waals surface area contributed by atoms with Gasteiger partial charge in [0.25, 0.3) is 0 Å². The summed E-state index contributed by atoms with van der Waals surface area (Å²) in [6.07, 6.45) is 8.30. The fourth-order valence-electron chi connectivity index (χ4n) is 2.82. The molecule has 1 N–H and O–H groups in total. The molecule has 1 atom stereocenters. The van der Waals surface area contributed by atoms with E-state index in [2.05, 4.69) is 44.4 Å². The van der Waals surface area contributed by atoms with Crippen molar-refractivity contribution in [3.05, 3.63) is 48.3 Å². The molecule has 0 spiro atoms. The molecule has 22 heavy (non-hydrogen) atoms. The fourth-order valence-corrected chi connectivity index (χ4v) is 2.82. The molecule has 1 fully saturated rings. The lowest BCUT2D eigenvalue weighted by molar-refractivity contribution is -0.108. The number of nitrogens with one attached hydrogen (secondary N) is 1. The summed E-state index contributed by atoms with van der Waals surface area (Å²) < 4.78 is 0. The number of aliphatic imine (C=N–C) groups is 1. The lowest BCUT2D eigenvalue weighted by Crippen LogP contribution is -2.45. The van der Waals surface area contributed by atoms with Crippen LogP contribution in [0.4, 0.5) is 0 Å². The molecule has 0 radical (unpaired) electrons. The maximum Gasteiger partial charge on any atom is 0.211 e. The van der Waals surface area contributed by atoms with Crippen LogP contribution in [0.25, 0.3) is 0 Å². The van der Waals surface area contributed by atoms with Gasteiger partial charge in [-0.25, -0.2) is 0 Å². The van der Waals surface area contributed by atoms with Gasteiger partial charge in [-0.1, -0.05) is 30.3 Å². The zero-order chi connectivity index (χ0) is 15.6. The average molecular weight is 300 g/mol. The summed E-state index contributed by atoms with van der Waals surface area (Å²) in [7, 11) is 1.76. The Morgan fingerprint density at radius 1 is 1.41 bits per heavy atom. The van der Waals surface area contributed by atoms with Crippen molar-refractivity contribution in [2.45, 2.75) is 25.4 Å². The Bertz CT molecular complexity index is 501. The van der Waals surface area contributed by atoms with Crippen molar-refractivity contribution in [2.24, 2.45) is 4.99 Å². The number of nitrogens with zero attached hydrogens (tertiary/aromatic N) is 3. The van der Waals surface area contributed by atoms with Gasteiger partial charge in [-0.2, -0.15) is 0 Å². The van der Waals surface area contributed by atoms with Crippen LogP contribution in [0.2, 0.25) is 0 Å². The molecule has 0 aliphatic carbocycles. The maximum atomic E-state index is 10.4. The standard InChI is InChI=1S/C17H24N4O/c1-18-14-21(11-9-19-15-22)17-8-5-10-20(13-17)12-16-6-3-2-4-7-16/h2-4,6-7,9,11,14-15,17H,5,8,10,12-13H2,1H3,(H,19,22)/b11-9+,18-14?. The first-order chi connectivity index (χ1) is 10.8. The number of rotatable bonds is 7. The van der Waals surface area contributed by atoms with Crippen LogP contribution in [0.3, 0.4) is 0 Å². The molecular formula is C17H24N4O. The molecule has 1 aliphatic rings. The first kappa shape index (κ1) is 16.2. The van der Waals surface area contributed by atoms with Crippen molar-refractivity contribution in [1.29, 1.82) is 0 Å². The molecular weight excluding hydrogens is 276 g/mol. The molecule has 1 unspecified atom stereocenters. The molecule has 1 aliphatic heterocycles. The molecule has 118 valence electrons. The van der Waals surface area contributed by atoms with Crippen LogP contribution >= 0.6 is 0 Å². The van der Waals surface area contributed by atoms with Gasteiger partial charge in [0.2, 0.25) is 6.41 Å². The highest BCUT2D eigenvalue weighted by atomic mass is 16.1. The predicted molar refractivity (Wildman–Crippen MR) is 89.3 cm³/mol. The molecule has 1 amide bonds. The number of likely N-dealkylation sites (tertiary alicyclic amines) is 1. The number of hydrogen-bond acceptors (Lipinski definition) is 3. The van der Waals surface area contributed by atoms with Gasteiger partial charge in [-0.3, -0.25) is 14.7 Å². The van der Waals surface area contributed by atoms with E-state index in [4.69, 9.17) is 0 Å². The largest absolute Gasteiger partial charge is 0.334 e. The van der Waals surface area contributed by atoms with Crippen LogP contribution in [0.1, 0.15) is 18.4 Å². The first-order valence-corrected chi connectivity index (χ1v) is 7.66. The first-order valence-electron chi connectivity index (χ1n) is 7.66. The van der Waals surface area contributed by atoms with Gasteiger partial charge in [0, 0.05) is 38.6 Å². The molecule has 5 heteroatoms. The van der Waals surface area contributed by atoms with E-state index in [1.54, 1.807) is 13.2 Å². The van der Waals surface area contributed by atoms with Crippen molar-refractivity contribution >= 4 is 12.7 Å². The molecule has 0 aromatic heterocycles. The quantitative estimate of drug-likeness (QED) is 0.475. The second-order valence-corrected chi connectivity index (χ2v) is 5.44. The van der Waals surface area contributed by atoms with Crippen molar-refractivity contribution in [1.82, 2.24) is 15.1 Å². The highest BCUT2D eigenvalue weighted by Gasteiger charge is 2.22. The number of amides is 1. The normalized spacial score (nSPS) is 19.6. The predicted octanol–water partition coefficient (Wildman–Crippen LogP) is 1.83. The Labute approximate surface area is 132 Å². The number of piperidine rings is 1. The minimum Gasteiger partial charge on any atom is -0.334 e. The van der Waals surface area contributed by atoms with Gasteiger partial charge in [-0.05, 0) is 24.9 Å². The molecule has 0 saturated carbocycles.